The van der Waals surface area contributed by atoms with E-state index in [-0.39, 0.29) is 24.1 Å². The molecule has 8 heteroatoms. The van der Waals surface area contributed by atoms with Crippen molar-refractivity contribution < 1.29 is 14.7 Å². The minimum Gasteiger partial charge on any atom is -0.480 e. The number of aryl methyl sites for hydroxylation is 1. The number of hydrogen-bond acceptors (Lipinski definition) is 4. The molecule has 136 valence electrons. The van der Waals surface area contributed by atoms with Crippen molar-refractivity contribution >= 4 is 17.5 Å². The highest BCUT2D eigenvalue weighted by atomic mass is 16.4. The predicted molar refractivity (Wildman–Crippen MR) is 92.3 cm³/mol. The predicted octanol–water partition coefficient (Wildman–Crippen LogP) is 1.28. The molecule has 0 aliphatic heterocycles. The third-order valence-electron chi connectivity index (χ3n) is 3.86. The SMILES string of the molecule is CC(C)(C)CCC(NC(=O)CCn1nc2ccccn2c1=O)C(=O)O. The zero-order chi connectivity index (χ0) is 18.6. The molecule has 0 saturated carbocycles. The summed E-state index contributed by atoms with van der Waals surface area (Å²) in [6.07, 6.45) is 2.63. The lowest BCUT2D eigenvalue weighted by Crippen LogP contribution is -2.41. The number of nitrogens with one attached hydrogen (secondary N) is 1. The summed E-state index contributed by atoms with van der Waals surface area (Å²) < 4.78 is 2.60. The van der Waals surface area contributed by atoms with Crippen LogP contribution in [0.4, 0.5) is 0 Å². The van der Waals surface area contributed by atoms with Crippen molar-refractivity contribution in [2.75, 3.05) is 0 Å². The lowest BCUT2D eigenvalue weighted by molar-refractivity contribution is -0.142. The van der Waals surface area contributed by atoms with E-state index in [1.807, 2.05) is 20.8 Å². The summed E-state index contributed by atoms with van der Waals surface area (Å²) in [5.41, 5.74) is 0.162. The fraction of sp³-hybridized carbons (Fsp3) is 0.529. The molecule has 2 aromatic rings. The molecule has 0 aliphatic carbocycles. The van der Waals surface area contributed by atoms with Crippen LogP contribution in [-0.4, -0.2) is 37.2 Å². The van der Waals surface area contributed by atoms with Gasteiger partial charge in [0.1, 0.15) is 6.04 Å². The van der Waals surface area contributed by atoms with Crippen molar-refractivity contribution in [3.63, 3.8) is 0 Å². The Morgan fingerprint density at radius 2 is 2.04 bits per heavy atom. The molecular formula is C17H24N4O4. The number of aromatic nitrogens is 3. The van der Waals surface area contributed by atoms with E-state index in [2.05, 4.69) is 10.4 Å². The second-order valence-corrected chi connectivity index (χ2v) is 7.24. The third-order valence-corrected chi connectivity index (χ3v) is 3.86. The van der Waals surface area contributed by atoms with Crippen LogP contribution in [0.5, 0.6) is 0 Å². The van der Waals surface area contributed by atoms with Gasteiger partial charge in [-0.05, 0) is 30.4 Å². The van der Waals surface area contributed by atoms with Crippen molar-refractivity contribution in [3.8, 4) is 0 Å². The molecule has 1 amide bonds. The summed E-state index contributed by atoms with van der Waals surface area (Å²) >= 11 is 0. The zero-order valence-corrected chi connectivity index (χ0v) is 14.7. The van der Waals surface area contributed by atoms with E-state index in [4.69, 9.17) is 0 Å². The Morgan fingerprint density at radius 1 is 1.32 bits per heavy atom. The molecule has 2 heterocycles. The van der Waals surface area contributed by atoms with E-state index in [1.54, 1.807) is 24.4 Å². The number of carbonyl (C=O) groups excluding carboxylic acids is 1. The Balaban J connectivity index is 1.95. The molecule has 2 N–H and O–H groups in total. The normalized spacial score (nSPS) is 12.9. The first-order chi connectivity index (χ1) is 11.7. The first-order valence-corrected chi connectivity index (χ1v) is 8.24. The number of carboxylic acids is 1. The summed E-state index contributed by atoms with van der Waals surface area (Å²) in [6.45, 7) is 6.15. The highest BCUT2D eigenvalue weighted by Gasteiger charge is 2.22. The molecule has 25 heavy (non-hydrogen) atoms. The van der Waals surface area contributed by atoms with E-state index >= 15 is 0 Å². The monoisotopic (exact) mass is 348 g/mol. The first kappa shape index (κ1) is 18.7. The van der Waals surface area contributed by atoms with Crippen LogP contribution in [-0.2, 0) is 16.1 Å². The number of aliphatic carboxylic acids is 1. The van der Waals surface area contributed by atoms with Crippen LogP contribution in [0.2, 0.25) is 0 Å². The molecule has 1 atom stereocenters. The first-order valence-electron chi connectivity index (χ1n) is 8.24. The molecule has 0 radical (unpaired) electrons. The van der Waals surface area contributed by atoms with Gasteiger partial charge in [-0.15, -0.1) is 5.10 Å². The lowest BCUT2D eigenvalue weighted by Gasteiger charge is -2.21. The van der Waals surface area contributed by atoms with Gasteiger partial charge in [-0.3, -0.25) is 9.20 Å². The van der Waals surface area contributed by atoms with Gasteiger partial charge in [0.15, 0.2) is 5.65 Å². The molecular weight excluding hydrogens is 324 g/mol. The fourth-order valence-electron chi connectivity index (χ4n) is 2.42. The summed E-state index contributed by atoms with van der Waals surface area (Å²) in [4.78, 5) is 35.5. The van der Waals surface area contributed by atoms with E-state index in [1.165, 1.54) is 9.08 Å². The molecule has 1 unspecified atom stereocenters. The van der Waals surface area contributed by atoms with Crippen molar-refractivity contribution in [2.24, 2.45) is 5.41 Å². The Morgan fingerprint density at radius 3 is 2.64 bits per heavy atom. The number of hydrogen-bond donors (Lipinski definition) is 2. The number of pyridine rings is 1. The van der Waals surface area contributed by atoms with Crippen molar-refractivity contribution in [2.45, 2.75) is 52.6 Å². The lowest BCUT2D eigenvalue weighted by atomic mass is 9.88. The smallest absolute Gasteiger partial charge is 0.350 e. The summed E-state index contributed by atoms with van der Waals surface area (Å²) in [6, 6.07) is 4.26. The van der Waals surface area contributed by atoms with Crippen LogP contribution in [0.1, 0.15) is 40.0 Å². The van der Waals surface area contributed by atoms with Gasteiger partial charge >= 0.3 is 11.7 Å². The van der Waals surface area contributed by atoms with Crippen LogP contribution in [0.15, 0.2) is 29.2 Å². The number of carbonyl (C=O) groups is 2. The molecule has 0 fully saturated rings. The van der Waals surface area contributed by atoms with Gasteiger partial charge in [0.25, 0.3) is 0 Å². The number of amides is 1. The molecule has 0 bridgehead atoms. The van der Waals surface area contributed by atoms with E-state index < -0.39 is 17.9 Å². The van der Waals surface area contributed by atoms with E-state index in [9.17, 15) is 19.5 Å². The molecule has 0 aromatic carbocycles. The van der Waals surface area contributed by atoms with E-state index in [0.717, 1.165) is 0 Å². The maximum absolute atomic E-state index is 12.1. The molecule has 2 aromatic heterocycles. The van der Waals surface area contributed by atoms with Gasteiger partial charge < -0.3 is 10.4 Å². The van der Waals surface area contributed by atoms with Crippen LogP contribution < -0.4 is 11.0 Å². The number of fused-ring (bicyclic) bond motifs is 1. The minimum absolute atomic E-state index is 0.0108. The Labute approximate surface area is 145 Å². The van der Waals surface area contributed by atoms with Gasteiger partial charge in [-0.2, -0.15) is 0 Å². The largest absolute Gasteiger partial charge is 0.480 e. The minimum atomic E-state index is -1.05. The van der Waals surface area contributed by atoms with E-state index in [0.29, 0.717) is 18.5 Å². The summed E-state index contributed by atoms with van der Waals surface area (Å²) in [5, 5.41) is 15.9. The Hall–Kier alpha value is -2.64. The van der Waals surface area contributed by atoms with Gasteiger partial charge in [-0.25, -0.2) is 14.3 Å². The average molecular weight is 348 g/mol. The maximum atomic E-state index is 12.1. The van der Waals surface area contributed by atoms with Crippen molar-refractivity contribution in [3.05, 3.63) is 34.9 Å². The van der Waals surface area contributed by atoms with Gasteiger partial charge in [0, 0.05) is 12.6 Å². The van der Waals surface area contributed by atoms with Crippen molar-refractivity contribution in [1.82, 2.24) is 19.5 Å². The fourth-order valence-corrected chi connectivity index (χ4v) is 2.42. The number of rotatable bonds is 7. The Kier molecular flexibility index (Phi) is 5.61. The summed E-state index contributed by atoms with van der Waals surface area (Å²) in [7, 11) is 0. The van der Waals surface area contributed by atoms with Crippen LogP contribution in [0.25, 0.3) is 5.65 Å². The number of carboxylic acid groups (broad SMARTS) is 1. The Bertz CT molecular complexity index is 816. The molecule has 0 spiro atoms. The van der Waals surface area contributed by atoms with Crippen LogP contribution >= 0.6 is 0 Å². The molecule has 0 aliphatic rings. The highest BCUT2D eigenvalue weighted by molar-refractivity contribution is 5.83. The topological polar surface area (TPSA) is 106 Å². The second-order valence-electron chi connectivity index (χ2n) is 7.24. The molecule has 0 saturated heterocycles. The molecule has 2 rings (SSSR count). The van der Waals surface area contributed by atoms with Crippen molar-refractivity contribution in [1.29, 1.82) is 0 Å². The van der Waals surface area contributed by atoms with Gasteiger partial charge in [0.2, 0.25) is 5.91 Å². The zero-order valence-electron chi connectivity index (χ0n) is 14.7. The average Bonchev–Trinajstić information content (AvgIpc) is 2.85. The third kappa shape index (κ3) is 5.17. The quantitative estimate of drug-likeness (QED) is 0.784. The summed E-state index contributed by atoms with van der Waals surface area (Å²) in [5.74, 6) is -1.47. The maximum Gasteiger partial charge on any atom is 0.350 e. The van der Waals surface area contributed by atoms with Gasteiger partial charge in [0.05, 0.1) is 6.54 Å². The highest BCUT2D eigenvalue weighted by Crippen LogP contribution is 2.21. The standard InChI is InChI=1S/C17H24N4O4/c1-17(2,3)9-7-12(15(23)24)18-14(22)8-11-21-16(25)20-10-5-4-6-13(20)19-21/h4-6,10,12H,7-9,11H2,1-3H3,(H,18,22)(H,23,24). The van der Waals surface area contributed by atoms with Crippen LogP contribution in [0, 0.1) is 5.41 Å². The second kappa shape index (κ2) is 7.50. The number of nitrogens with zero attached hydrogens (tertiary/aromatic N) is 3. The van der Waals surface area contributed by atoms with Gasteiger partial charge in [-0.1, -0.05) is 26.8 Å². The molecule has 8 nitrogen and oxygen atoms in total. The van der Waals surface area contributed by atoms with Crippen LogP contribution in [0.3, 0.4) is 0 Å².